The molecule has 8 heteroatoms. The lowest BCUT2D eigenvalue weighted by Crippen LogP contribution is -2.67. The first-order valence-electron chi connectivity index (χ1n) is 7.68. The number of amides is 2. The van der Waals surface area contributed by atoms with Gasteiger partial charge in [0.05, 0.1) is 6.10 Å². The van der Waals surface area contributed by atoms with Gasteiger partial charge in [-0.15, -0.1) is 0 Å². The van der Waals surface area contributed by atoms with Gasteiger partial charge in [0.15, 0.2) is 0 Å². The number of benzene rings is 1. The average Bonchev–Trinajstić information content (AvgIpc) is 2.42. The Balaban J connectivity index is 1.67. The quantitative estimate of drug-likeness (QED) is 0.766. The maximum atomic E-state index is 13.8. The minimum absolute atomic E-state index is 0.0516. The van der Waals surface area contributed by atoms with Gasteiger partial charge in [-0.3, -0.25) is 4.79 Å². The number of hydrogen-bond donors (Lipinski definition) is 3. The summed E-state index contributed by atoms with van der Waals surface area (Å²) in [6.45, 7) is 0.930. The van der Waals surface area contributed by atoms with Crippen LogP contribution in [-0.4, -0.2) is 52.3 Å². The molecule has 1 aromatic rings. The number of aliphatic hydroxyl groups is 1. The number of aliphatic hydroxyl groups excluding tert-OH is 1. The van der Waals surface area contributed by atoms with Crippen molar-refractivity contribution in [1.29, 1.82) is 0 Å². The van der Waals surface area contributed by atoms with Crippen molar-refractivity contribution in [2.24, 2.45) is 5.41 Å². The van der Waals surface area contributed by atoms with E-state index in [0.29, 0.717) is 32.0 Å². The lowest BCUT2D eigenvalue weighted by Gasteiger charge is -2.58. The van der Waals surface area contributed by atoms with Crippen LogP contribution in [0.2, 0.25) is 0 Å². The van der Waals surface area contributed by atoms with Crippen LogP contribution in [0.1, 0.15) is 18.4 Å². The highest BCUT2D eigenvalue weighted by Crippen LogP contribution is 2.48. The van der Waals surface area contributed by atoms with Crippen LogP contribution in [-0.2, 0) is 11.2 Å². The molecule has 1 aromatic carbocycles. The van der Waals surface area contributed by atoms with E-state index in [1.807, 2.05) is 0 Å². The van der Waals surface area contributed by atoms with Gasteiger partial charge in [0.2, 0.25) is 5.91 Å². The van der Waals surface area contributed by atoms with Crippen molar-refractivity contribution in [1.82, 2.24) is 10.2 Å². The van der Waals surface area contributed by atoms with Crippen LogP contribution in [0.4, 0.5) is 13.6 Å². The van der Waals surface area contributed by atoms with E-state index in [-0.39, 0.29) is 23.5 Å². The zero-order chi connectivity index (χ0) is 17.5. The monoisotopic (exact) mass is 340 g/mol. The van der Waals surface area contributed by atoms with Crippen molar-refractivity contribution in [3.63, 3.8) is 0 Å². The first kappa shape index (κ1) is 16.6. The van der Waals surface area contributed by atoms with Crippen molar-refractivity contribution >= 4 is 12.0 Å². The van der Waals surface area contributed by atoms with E-state index in [1.54, 1.807) is 0 Å². The highest BCUT2D eigenvalue weighted by Gasteiger charge is 2.53. The van der Waals surface area contributed by atoms with Gasteiger partial charge in [0.25, 0.3) is 0 Å². The molecule has 1 atom stereocenters. The molecule has 2 amide bonds. The molecule has 6 nitrogen and oxygen atoms in total. The van der Waals surface area contributed by atoms with Crippen LogP contribution >= 0.6 is 0 Å². The fourth-order valence-electron chi connectivity index (χ4n) is 3.59. The van der Waals surface area contributed by atoms with E-state index in [4.69, 9.17) is 5.11 Å². The molecular formula is C16H18F2N2O4. The minimum Gasteiger partial charge on any atom is -0.465 e. The maximum absolute atomic E-state index is 13.8. The molecule has 1 aliphatic heterocycles. The number of carbonyl (C=O) groups excluding carboxylic acids is 1. The largest absolute Gasteiger partial charge is 0.465 e. The highest BCUT2D eigenvalue weighted by atomic mass is 19.1. The number of nitrogens with one attached hydrogen (secondary N) is 1. The Bertz CT molecular complexity index is 668. The highest BCUT2D eigenvalue weighted by molar-refractivity contribution is 5.86. The standard InChI is InChI=1S/C16H18F2N2O4/c17-10-2-1-9(12(18)4-10)3-13(19-15(23)24)14(22)20-7-16(8-20)5-11(21)6-16/h1-2,4,11,13,19,21H,3,5-8H2,(H,23,24). The van der Waals surface area contributed by atoms with Crippen molar-refractivity contribution < 1.29 is 28.6 Å². The number of carbonyl (C=O) groups is 2. The van der Waals surface area contributed by atoms with Gasteiger partial charge in [-0.25, -0.2) is 13.6 Å². The van der Waals surface area contributed by atoms with Crippen LogP contribution in [0, 0.1) is 17.0 Å². The molecule has 3 N–H and O–H groups in total. The van der Waals surface area contributed by atoms with Crippen molar-refractivity contribution in [2.75, 3.05) is 13.1 Å². The first-order valence-corrected chi connectivity index (χ1v) is 7.68. The van der Waals surface area contributed by atoms with E-state index in [0.717, 1.165) is 6.07 Å². The topological polar surface area (TPSA) is 89.9 Å². The minimum atomic E-state index is -1.38. The second kappa shape index (κ2) is 6.01. The third kappa shape index (κ3) is 3.19. The lowest BCUT2D eigenvalue weighted by molar-refractivity contribution is -0.164. The zero-order valence-corrected chi connectivity index (χ0v) is 12.8. The van der Waals surface area contributed by atoms with Crippen molar-refractivity contribution in [3.8, 4) is 0 Å². The summed E-state index contributed by atoms with van der Waals surface area (Å²) in [6, 6.07) is 1.83. The number of likely N-dealkylation sites (tertiary alicyclic amines) is 1. The summed E-state index contributed by atoms with van der Waals surface area (Å²) in [7, 11) is 0. The molecule has 1 saturated carbocycles. The lowest BCUT2D eigenvalue weighted by atomic mass is 9.62. The second-order valence-corrected chi connectivity index (χ2v) is 6.70. The second-order valence-electron chi connectivity index (χ2n) is 6.70. The molecule has 24 heavy (non-hydrogen) atoms. The Hall–Kier alpha value is -2.22. The summed E-state index contributed by atoms with van der Waals surface area (Å²) in [5, 5.41) is 20.4. The smallest absolute Gasteiger partial charge is 0.405 e. The summed E-state index contributed by atoms with van der Waals surface area (Å²) >= 11 is 0. The molecule has 0 bridgehead atoms. The Labute approximate surface area is 137 Å². The molecule has 130 valence electrons. The van der Waals surface area contributed by atoms with E-state index < -0.39 is 29.7 Å². The number of nitrogens with zero attached hydrogens (tertiary/aromatic N) is 1. The third-order valence-corrected chi connectivity index (χ3v) is 4.74. The molecule has 1 heterocycles. The first-order chi connectivity index (χ1) is 11.3. The number of carboxylic acid groups (broad SMARTS) is 1. The van der Waals surface area contributed by atoms with E-state index >= 15 is 0 Å². The Morgan fingerprint density at radius 1 is 1.33 bits per heavy atom. The number of halogens is 2. The molecule has 1 unspecified atom stereocenters. The number of hydrogen-bond acceptors (Lipinski definition) is 3. The van der Waals surface area contributed by atoms with Gasteiger partial charge in [0.1, 0.15) is 17.7 Å². The zero-order valence-electron chi connectivity index (χ0n) is 12.8. The molecule has 3 rings (SSSR count). The summed E-state index contributed by atoms with van der Waals surface area (Å²) in [5.41, 5.74) is 0.0158. The Kier molecular flexibility index (Phi) is 4.16. The molecule has 0 radical (unpaired) electrons. The summed E-state index contributed by atoms with van der Waals surface area (Å²) in [6.07, 6.45) is -0.627. The maximum Gasteiger partial charge on any atom is 0.405 e. The fourth-order valence-corrected chi connectivity index (χ4v) is 3.59. The van der Waals surface area contributed by atoms with Crippen LogP contribution in [0.25, 0.3) is 0 Å². The predicted octanol–water partition coefficient (Wildman–Crippen LogP) is 1.13. The SMILES string of the molecule is O=C(O)NC(Cc1ccc(F)cc1F)C(=O)N1CC2(CC(O)C2)C1. The van der Waals surface area contributed by atoms with Gasteiger partial charge in [-0.1, -0.05) is 6.07 Å². The molecule has 2 fully saturated rings. The van der Waals surface area contributed by atoms with Crippen LogP contribution in [0.5, 0.6) is 0 Å². The van der Waals surface area contributed by atoms with Gasteiger partial charge in [-0.2, -0.15) is 0 Å². The summed E-state index contributed by atoms with van der Waals surface area (Å²) in [5.74, 6) is -1.99. The predicted molar refractivity (Wildman–Crippen MR) is 79.3 cm³/mol. The average molecular weight is 340 g/mol. The fraction of sp³-hybridized carbons (Fsp3) is 0.500. The van der Waals surface area contributed by atoms with Gasteiger partial charge >= 0.3 is 6.09 Å². The third-order valence-electron chi connectivity index (χ3n) is 4.74. The Morgan fingerprint density at radius 3 is 2.54 bits per heavy atom. The van der Waals surface area contributed by atoms with E-state index in [9.17, 15) is 23.5 Å². The molecule has 2 aliphatic rings. The van der Waals surface area contributed by atoms with Crippen LogP contribution in [0.3, 0.4) is 0 Å². The van der Waals surface area contributed by atoms with Crippen molar-refractivity contribution in [2.45, 2.75) is 31.4 Å². The molecular weight excluding hydrogens is 322 g/mol. The summed E-state index contributed by atoms with van der Waals surface area (Å²) in [4.78, 5) is 24.9. The van der Waals surface area contributed by atoms with Crippen LogP contribution in [0.15, 0.2) is 18.2 Å². The summed E-state index contributed by atoms with van der Waals surface area (Å²) < 4.78 is 26.7. The Morgan fingerprint density at radius 2 is 2.00 bits per heavy atom. The molecule has 1 spiro atoms. The van der Waals surface area contributed by atoms with Crippen LogP contribution < -0.4 is 5.32 Å². The normalized spacial score (nSPS) is 20.2. The molecule has 1 aliphatic carbocycles. The molecule has 0 aromatic heterocycles. The van der Waals surface area contributed by atoms with E-state index in [2.05, 4.69) is 5.32 Å². The van der Waals surface area contributed by atoms with Gasteiger partial charge in [0, 0.05) is 31.0 Å². The van der Waals surface area contributed by atoms with Crippen molar-refractivity contribution in [3.05, 3.63) is 35.4 Å². The number of rotatable bonds is 4. The molecule has 1 saturated heterocycles. The van der Waals surface area contributed by atoms with E-state index in [1.165, 1.54) is 11.0 Å². The van der Waals surface area contributed by atoms with Gasteiger partial charge < -0.3 is 20.4 Å². The van der Waals surface area contributed by atoms with Gasteiger partial charge in [-0.05, 0) is 24.5 Å².